The van der Waals surface area contributed by atoms with Crippen LogP contribution in [0.5, 0.6) is 5.75 Å². The first kappa shape index (κ1) is 18.3. The highest BCUT2D eigenvalue weighted by Gasteiger charge is 2.46. The molecule has 1 fully saturated rings. The zero-order valence-corrected chi connectivity index (χ0v) is 17.4. The predicted octanol–water partition coefficient (Wildman–Crippen LogP) is 4.86. The summed E-state index contributed by atoms with van der Waals surface area (Å²) in [6.45, 7) is 2.26. The molecule has 29 heavy (non-hydrogen) atoms. The maximum atomic E-state index is 5.65. The van der Waals surface area contributed by atoms with Gasteiger partial charge in [0.15, 0.2) is 5.17 Å². The first-order chi connectivity index (χ1) is 14.3. The predicted molar refractivity (Wildman–Crippen MR) is 118 cm³/mol. The second-order valence-electron chi connectivity index (χ2n) is 7.31. The third-order valence-electron chi connectivity index (χ3n) is 5.76. The Labute approximate surface area is 175 Å². The van der Waals surface area contributed by atoms with Crippen LogP contribution in [-0.4, -0.2) is 38.5 Å². The number of fused-ring (bicyclic) bond motifs is 1. The molecule has 4 heterocycles. The average Bonchev–Trinajstić information content (AvgIpc) is 3.49. The normalized spacial score (nSPS) is 23.2. The lowest BCUT2D eigenvalue weighted by molar-refractivity contribution is 0.248. The summed E-state index contributed by atoms with van der Waals surface area (Å²) in [4.78, 5) is 12.3. The van der Waals surface area contributed by atoms with E-state index in [2.05, 4.69) is 57.9 Å². The summed E-state index contributed by atoms with van der Waals surface area (Å²) in [6, 6.07) is 19.2. The van der Waals surface area contributed by atoms with Gasteiger partial charge in [0.1, 0.15) is 17.8 Å². The summed E-state index contributed by atoms with van der Waals surface area (Å²) in [5, 5.41) is 1.14. The molecule has 0 N–H and O–H groups in total. The Morgan fingerprint density at radius 2 is 1.97 bits per heavy atom. The second-order valence-corrected chi connectivity index (χ2v) is 8.30. The molecule has 0 spiro atoms. The number of hydrogen-bond donors (Lipinski definition) is 0. The Balaban J connectivity index is 1.64. The molecule has 1 aromatic carbocycles. The van der Waals surface area contributed by atoms with Crippen LogP contribution in [0, 0.1) is 0 Å². The van der Waals surface area contributed by atoms with Gasteiger partial charge >= 0.3 is 0 Å². The van der Waals surface area contributed by atoms with Crippen LogP contribution in [0.4, 0.5) is 0 Å². The number of aromatic nitrogens is 2. The van der Waals surface area contributed by atoms with Crippen molar-refractivity contribution in [2.75, 3.05) is 12.9 Å². The van der Waals surface area contributed by atoms with Gasteiger partial charge in [-0.3, -0.25) is 9.98 Å². The van der Waals surface area contributed by atoms with Crippen molar-refractivity contribution in [3.05, 3.63) is 78.4 Å². The molecule has 6 heteroatoms. The molecule has 2 aromatic heterocycles. The van der Waals surface area contributed by atoms with E-state index in [9.17, 15) is 0 Å². The van der Waals surface area contributed by atoms with Crippen LogP contribution in [-0.2, 0) is 0 Å². The Morgan fingerprint density at radius 3 is 2.76 bits per heavy atom. The van der Waals surface area contributed by atoms with Gasteiger partial charge in [0.25, 0.3) is 0 Å². The van der Waals surface area contributed by atoms with Crippen molar-refractivity contribution in [3.8, 4) is 11.4 Å². The van der Waals surface area contributed by atoms with E-state index >= 15 is 0 Å². The highest BCUT2D eigenvalue weighted by Crippen LogP contribution is 2.49. The third kappa shape index (κ3) is 3.02. The van der Waals surface area contributed by atoms with Gasteiger partial charge in [0.2, 0.25) is 0 Å². The highest BCUT2D eigenvalue weighted by molar-refractivity contribution is 8.14. The van der Waals surface area contributed by atoms with Crippen molar-refractivity contribution < 1.29 is 4.74 Å². The Hall–Kier alpha value is -2.73. The number of rotatable bonds is 5. The van der Waals surface area contributed by atoms with E-state index in [1.807, 2.05) is 42.2 Å². The van der Waals surface area contributed by atoms with E-state index in [1.165, 1.54) is 5.69 Å². The molecule has 2 aliphatic heterocycles. The lowest BCUT2D eigenvalue weighted by Gasteiger charge is -2.32. The first-order valence-electron chi connectivity index (χ1n) is 10.0. The summed E-state index contributed by atoms with van der Waals surface area (Å²) in [6.07, 6.45) is 5.08. The molecule has 3 aromatic rings. The van der Waals surface area contributed by atoms with Gasteiger partial charge in [-0.05, 0) is 42.8 Å². The van der Waals surface area contributed by atoms with Gasteiger partial charge < -0.3 is 14.2 Å². The van der Waals surface area contributed by atoms with Crippen LogP contribution in [0.2, 0.25) is 0 Å². The largest absolute Gasteiger partial charge is 0.495 e. The van der Waals surface area contributed by atoms with Crippen molar-refractivity contribution in [1.29, 1.82) is 0 Å². The maximum Gasteiger partial charge on any atom is 0.160 e. The Morgan fingerprint density at radius 1 is 1.10 bits per heavy atom. The molecule has 3 unspecified atom stereocenters. The monoisotopic (exact) mass is 404 g/mol. The number of aliphatic imine (C=N–C) groups is 1. The number of nitrogens with zero attached hydrogens (tertiary/aromatic N) is 4. The molecule has 0 saturated carbocycles. The molecule has 1 saturated heterocycles. The lowest BCUT2D eigenvalue weighted by Crippen LogP contribution is -2.36. The van der Waals surface area contributed by atoms with E-state index in [-0.39, 0.29) is 12.1 Å². The van der Waals surface area contributed by atoms with Crippen LogP contribution in [0.25, 0.3) is 5.69 Å². The van der Waals surface area contributed by atoms with E-state index in [1.54, 1.807) is 7.11 Å². The summed E-state index contributed by atoms with van der Waals surface area (Å²) >= 11 is 1.87. The minimum absolute atomic E-state index is 0.0172. The summed E-state index contributed by atoms with van der Waals surface area (Å²) in [7, 11) is 1.72. The van der Waals surface area contributed by atoms with Gasteiger partial charge in [0.05, 0.1) is 18.5 Å². The minimum atomic E-state index is -0.0172. The number of hydrogen-bond acceptors (Lipinski definition) is 5. The van der Waals surface area contributed by atoms with Gasteiger partial charge in [-0.2, -0.15) is 0 Å². The molecule has 0 radical (unpaired) electrons. The number of methoxy groups -OCH3 is 1. The molecular formula is C23H24N4OS. The number of thioether (sulfide) groups is 1. The SMILES string of the molecule is CCC1CSC2=NC(c3ccccn3)C(c3cccn3-c3ccccc3OC)N21. The van der Waals surface area contributed by atoms with Crippen LogP contribution in [0.1, 0.15) is 36.8 Å². The molecule has 0 amide bonds. The number of amidine groups is 1. The molecular weight excluding hydrogens is 380 g/mol. The summed E-state index contributed by atoms with van der Waals surface area (Å²) in [5.41, 5.74) is 3.27. The van der Waals surface area contributed by atoms with Crippen LogP contribution < -0.4 is 4.74 Å². The number of ether oxygens (including phenoxy) is 1. The van der Waals surface area contributed by atoms with E-state index in [0.29, 0.717) is 6.04 Å². The van der Waals surface area contributed by atoms with Gasteiger partial charge in [-0.15, -0.1) is 0 Å². The quantitative estimate of drug-likeness (QED) is 0.609. The maximum absolute atomic E-state index is 5.65. The van der Waals surface area contributed by atoms with Gasteiger partial charge in [-0.25, -0.2) is 0 Å². The number of para-hydroxylation sites is 2. The van der Waals surface area contributed by atoms with Crippen LogP contribution in [0.15, 0.2) is 72.0 Å². The van der Waals surface area contributed by atoms with Crippen molar-refractivity contribution in [3.63, 3.8) is 0 Å². The molecule has 5 rings (SSSR count). The zero-order valence-electron chi connectivity index (χ0n) is 16.6. The van der Waals surface area contributed by atoms with Crippen LogP contribution >= 0.6 is 11.8 Å². The molecule has 148 valence electrons. The third-order valence-corrected chi connectivity index (χ3v) is 6.88. The fraction of sp³-hybridized carbons (Fsp3) is 0.304. The molecule has 0 bridgehead atoms. The highest BCUT2D eigenvalue weighted by atomic mass is 32.2. The molecule has 0 aliphatic carbocycles. The smallest absolute Gasteiger partial charge is 0.160 e. The molecule has 2 aliphatic rings. The zero-order chi connectivity index (χ0) is 19.8. The number of pyridine rings is 1. The fourth-order valence-electron chi connectivity index (χ4n) is 4.35. The van der Waals surface area contributed by atoms with Crippen molar-refractivity contribution in [2.24, 2.45) is 4.99 Å². The summed E-state index contributed by atoms with van der Waals surface area (Å²) in [5.74, 6) is 1.96. The van der Waals surface area contributed by atoms with E-state index in [0.717, 1.165) is 34.5 Å². The minimum Gasteiger partial charge on any atom is -0.495 e. The Kier molecular flexibility index (Phi) is 4.79. The standard InChI is InChI=1S/C23H24N4OS/c1-3-16-15-29-23-25-21(17-9-6-7-13-24-17)22(27(16)23)19-11-8-14-26(19)18-10-4-5-12-20(18)28-2/h4-14,16,21-22H,3,15H2,1-2H3. The van der Waals surface area contributed by atoms with Gasteiger partial charge in [-0.1, -0.05) is 36.9 Å². The van der Waals surface area contributed by atoms with E-state index < -0.39 is 0 Å². The molecule has 3 atom stereocenters. The second kappa shape index (κ2) is 7.59. The van der Waals surface area contributed by atoms with Crippen molar-refractivity contribution in [2.45, 2.75) is 31.5 Å². The van der Waals surface area contributed by atoms with Crippen molar-refractivity contribution >= 4 is 16.9 Å². The fourth-order valence-corrected chi connectivity index (χ4v) is 5.69. The Bertz CT molecular complexity index is 1030. The number of benzene rings is 1. The van der Waals surface area contributed by atoms with E-state index in [4.69, 9.17) is 9.73 Å². The average molecular weight is 405 g/mol. The summed E-state index contributed by atoms with van der Waals surface area (Å²) < 4.78 is 7.89. The van der Waals surface area contributed by atoms with Crippen LogP contribution in [0.3, 0.4) is 0 Å². The lowest BCUT2D eigenvalue weighted by atomic mass is 9.99. The first-order valence-corrected chi connectivity index (χ1v) is 11.0. The molecule has 5 nitrogen and oxygen atoms in total. The van der Waals surface area contributed by atoms with Gasteiger partial charge in [0, 0.05) is 29.9 Å². The van der Waals surface area contributed by atoms with Crippen molar-refractivity contribution in [1.82, 2.24) is 14.5 Å². The topological polar surface area (TPSA) is 42.6 Å².